The Kier molecular flexibility index (Phi) is 8.44. The van der Waals surface area contributed by atoms with Crippen LogP contribution in [-0.2, 0) is 10.0 Å². The van der Waals surface area contributed by atoms with Crippen LogP contribution in [-0.4, -0.2) is 64.5 Å². The number of aryl methyl sites for hydroxylation is 1. The molecule has 1 aromatic heterocycles. The van der Waals surface area contributed by atoms with Crippen LogP contribution in [0, 0.1) is 6.92 Å². The van der Waals surface area contributed by atoms with Crippen LogP contribution in [0.4, 0.5) is 5.69 Å². The number of thiophene rings is 1. The van der Waals surface area contributed by atoms with Crippen molar-refractivity contribution in [3.63, 3.8) is 0 Å². The quantitative estimate of drug-likeness (QED) is 0.195. The predicted octanol–water partition coefficient (Wildman–Crippen LogP) is 6.59. The Hall–Kier alpha value is -4.18. The van der Waals surface area contributed by atoms with E-state index in [1.54, 1.807) is 38.4 Å². The van der Waals surface area contributed by atoms with Gasteiger partial charge in [-0.3, -0.25) is 14.0 Å². The average Bonchev–Trinajstić information content (AvgIpc) is 3.49. The number of sulfonamides is 1. The van der Waals surface area contributed by atoms with E-state index in [4.69, 9.17) is 4.74 Å². The molecule has 226 valence electrons. The molecular weight excluding hydrogens is 591 g/mol. The van der Waals surface area contributed by atoms with Gasteiger partial charge in [-0.15, -0.1) is 11.3 Å². The molecule has 0 radical (unpaired) electrons. The molecule has 1 aliphatic rings. The number of piperazine rings is 1. The minimum Gasteiger partial charge on any atom is -0.496 e. The number of carbonyl (C=O) groups excluding carboxylic acids is 1. The largest absolute Gasteiger partial charge is 0.496 e. The van der Waals surface area contributed by atoms with Gasteiger partial charge < -0.3 is 9.64 Å². The van der Waals surface area contributed by atoms with Crippen molar-refractivity contribution in [1.29, 1.82) is 0 Å². The smallest absolute Gasteiger partial charge is 0.264 e. The van der Waals surface area contributed by atoms with E-state index < -0.39 is 10.0 Å². The van der Waals surface area contributed by atoms with Gasteiger partial charge in [-0.1, -0.05) is 60.7 Å². The number of fused-ring (bicyclic) bond motifs is 1. The Labute approximate surface area is 263 Å². The number of nitrogens with zero attached hydrogens (tertiary/aromatic N) is 3. The fraction of sp³-hybridized carbons (Fsp3) is 0.229. The molecule has 9 heteroatoms. The summed E-state index contributed by atoms with van der Waals surface area (Å²) in [6.45, 7) is 4.62. The van der Waals surface area contributed by atoms with Gasteiger partial charge in [0.05, 0.1) is 28.6 Å². The second-order valence-corrected chi connectivity index (χ2v) is 14.0. The zero-order valence-corrected chi connectivity index (χ0v) is 26.6. The topological polar surface area (TPSA) is 70.2 Å². The van der Waals surface area contributed by atoms with Gasteiger partial charge in [-0.05, 0) is 71.5 Å². The number of benzene rings is 4. The summed E-state index contributed by atoms with van der Waals surface area (Å²) in [5.74, 6) is 0.648. The van der Waals surface area contributed by atoms with E-state index in [0.717, 1.165) is 28.7 Å². The zero-order valence-electron chi connectivity index (χ0n) is 25.0. The van der Waals surface area contributed by atoms with Crippen LogP contribution in [0.15, 0.2) is 108 Å². The van der Waals surface area contributed by atoms with Crippen LogP contribution < -0.4 is 9.04 Å². The number of methoxy groups -OCH3 is 1. The van der Waals surface area contributed by atoms with Crippen molar-refractivity contribution in [3.05, 3.63) is 125 Å². The number of hydrogen-bond donors (Lipinski definition) is 0. The van der Waals surface area contributed by atoms with Gasteiger partial charge in [0.2, 0.25) is 0 Å². The number of carbonyl (C=O) groups is 1. The molecule has 7 nitrogen and oxygen atoms in total. The second kappa shape index (κ2) is 12.4. The highest BCUT2D eigenvalue weighted by Gasteiger charge is 2.29. The number of hydrogen-bond acceptors (Lipinski definition) is 6. The molecule has 0 aliphatic carbocycles. The molecule has 0 atom stereocenters. The Morgan fingerprint density at radius 1 is 0.841 bits per heavy atom. The first-order valence-electron chi connectivity index (χ1n) is 14.6. The van der Waals surface area contributed by atoms with Gasteiger partial charge in [-0.25, -0.2) is 8.42 Å². The van der Waals surface area contributed by atoms with E-state index in [1.165, 1.54) is 26.8 Å². The predicted molar refractivity (Wildman–Crippen MR) is 177 cm³/mol. The molecule has 1 amide bonds. The normalized spacial score (nSPS) is 14.2. The van der Waals surface area contributed by atoms with Crippen LogP contribution in [0.2, 0.25) is 0 Å². The summed E-state index contributed by atoms with van der Waals surface area (Å²) in [4.78, 5) is 18.9. The number of anilines is 1. The van der Waals surface area contributed by atoms with Gasteiger partial charge >= 0.3 is 0 Å². The van der Waals surface area contributed by atoms with Gasteiger partial charge in [0, 0.05) is 37.9 Å². The molecule has 44 heavy (non-hydrogen) atoms. The minimum atomic E-state index is -3.79. The molecule has 0 N–H and O–H groups in total. The van der Waals surface area contributed by atoms with E-state index in [9.17, 15) is 13.2 Å². The fourth-order valence-electron chi connectivity index (χ4n) is 5.86. The molecule has 1 fully saturated rings. The van der Waals surface area contributed by atoms with Gasteiger partial charge in [0.25, 0.3) is 15.9 Å². The lowest BCUT2D eigenvalue weighted by Crippen LogP contribution is -2.49. The van der Waals surface area contributed by atoms with Gasteiger partial charge in [0.15, 0.2) is 0 Å². The van der Waals surface area contributed by atoms with E-state index in [0.29, 0.717) is 29.4 Å². The summed E-state index contributed by atoms with van der Waals surface area (Å²) < 4.78 is 34.3. The lowest BCUT2D eigenvalue weighted by Gasteiger charge is -2.39. The maximum absolute atomic E-state index is 13.6. The minimum absolute atomic E-state index is 0.0121. The van der Waals surface area contributed by atoms with E-state index >= 15 is 0 Å². The third-order valence-corrected chi connectivity index (χ3v) is 11.2. The molecule has 1 saturated heterocycles. The lowest BCUT2D eigenvalue weighted by molar-refractivity contribution is 0.0602. The van der Waals surface area contributed by atoms with Crippen molar-refractivity contribution in [3.8, 4) is 5.75 Å². The van der Waals surface area contributed by atoms with Gasteiger partial charge in [-0.2, -0.15) is 0 Å². The Morgan fingerprint density at radius 2 is 1.48 bits per heavy atom. The molecule has 5 aromatic rings. The first-order chi connectivity index (χ1) is 21.3. The molecule has 0 unspecified atom stereocenters. The zero-order chi connectivity index (χ0) is 30.8. The number of amides is 1. The highest BCUT2D eigenvalue weighted by Crippen LogP contribution is 2.34. The summed E-state index contributed by atoms with van der Waals surface area (Å²) >= 11 is 1.44. The van der Waals surface area contributed by atoms with Crippen LogP contribution in [0.1, 0.15) is 32.4 Å². The second-order valence-electron chi connectivity index (χ2n) is 11.0. The summed E-state index contributed by atoms with van der Waals surface area (Å²) in [7, 11) is -0.678. The third kappa shape index (κ3) is 5.83. The van der Waals surface area contributed by atoms with Crippen molar-refractivity contribution in [1.82, 2.24) is 9.80 Å². The van der Waals surface area contributed by atoms with E-state index in [-0.39, 0.29) is 16.8 Å². The molecule has 0 saturated carbocycles. The SMILES string of the molecule is COc1ccc(S(=O)(=O)N(C)c2ccc3sc(C(=O)N4CCN(C(c5ccccc5)c5ccccc5)CC4)cc3c2)cc1C. The molecule has 6 rings (SSSR count). The number of rotatable bonds is 8. The third-order valence-electron chi connectivity index (χ3n) is 8.30. The molecule has 1 aliphatic heterocycles. The highest BCUT2D eigenvalue weighted by atomic mass is 32.2. The Balaban J connectivity index is 1.18. The Bertz CT molecular complexity index is 1840. The van der Waals surface area contributed by atoms with Crippen molar-refractivity contribution in [2.24, 2.45) is 0 Å². The summed E-state index contributed by atoms with van der Waals surface area (Å²) in [5, 5.41) is 0.843. The molecular formula is C35H35N3O4S2. The van der Waals surface area contributed by atoms with Crippen molar-refractivity contribution in [2.45, 2.75) is 17.9 Å². The standard InChI is InChI=1S/C35H35N3O4S2/c1-25-22-30(15-16-31(25)42-3)44(40,41)36(2)29-14-17-32-28(23-29)24-33(43-32)35(39)38-20-18-37(19-21-38)34(26-10-6-4-7-11-26)27-12-8-5-9-13-27/h4-17,22-24,34H,18-21H2,1-3H3. The van der Waals surface area contributed by atoms with Crippen molar-refractivity contribution in [2.75, 3.05) is 44.6 Å². The fourth-order valence-corrected chi connectivity index (χ4v) is 8.15. The summed E-state index contributed by atoms with van der Waals surface area (Å²) in [6.07, 6.45) is 0. The molecule has 4 aromatic carbocycles. The highest BCUT2D eigenvalue weighted by molar-refractivity contribution is 7.92. The van der Waals surface area contributed by atoms with Crippen LogP contribution >= 0.6 is 11.3 Å². The first-order valence-corrected chi connectivity index (χ1v) is 16.8. The van der Waals surface area contributed by atoms with Crippen LogP contribution in [0.25, 0.3) is 10.1 Å². The monoisotopic (exact) mass is 625 g/mol. The Morgan fingerprint density at radius 3 is 2.07 bits per heavy atom. The first kappa shape index (κ1) is 29.9. The maximum Gasteiger partial charge on any atom is 0.264 e. The molecule has 2 heterocycles. The van der Waals surface area contributed by atoms with E-state index in [2.05, 4.69) is 53.4 Å². The van der Waals surface area contributed by atoms with Crippen molar-refractivity contribution < 1.29 is 17.9 Å². The summed E-state index contributed by atoms with van der Waals surface area (Å²) in [6, 6.07) is 33.4. The number of ether oxygens (including phenoxy) is 1. The van der Waals surface area contributed by atoms with Crippen molar-refractivity contribution >= 4 is 43.0 Å². The maximum atomic E-state index is 13.6. The average molecular weight is 626 g/mol. The molecule has 0 spiro atoms. The van der Waals surface area contributed by atoms with Crippen LogP contribution in [0.5, 0.6) is 5.75 Å². The van der Waals surface area contributed by atoms with Crippen LogP contribution in [0.3, 0.4) is 0 Å². The lowest BCUT2D eigenvalue weighted by atomic mass is 9.96. The summed E-state index contributed by atoms with van der Waals surface area (Å²) in [5.41, 5.74) is 3.76. The molecule has 0 bridgehead atoms. The van der Waals surface area contributed by atoms with Gasteiger partial charge in [0.1, 0.15) is 5.75 Å². The van der Waals surface area contributed by atoms with E-state index in [1.807, 2.05) is 42.2 Å².